The van der Waals surface area contributed by atoms with E-state index in [1.54, 1.807) is 23.2 Å². The number of carbonyl (C=O) groups excluding carboxylic acids is 2. The molecule has 26 heavy (non-hydrogen) atoms. The third-order valence-corrected chi connectivity index (χ3v) is 3.84. The van der Waals surface area contributed by atoms with Crippen LogP contribution in [0.3, 0.4) is 0 Å². The van der Waals surface area contributed by atoms with Crippen LogP contribution in [0.5, 0.6) is 5.88 Å². The second kappa shape index (κ2) is 8.38. The van der Waals surface area contributed by atoms with E-state index in [0.29, 0.717) is 37.4 Å². The summed E-state index contributed by atoms with van der Waals surface area (Å²) in [5, 5.41) is 2.87. The fraction of sp³-hybridized carbons (Fsp3) is 0.632. The van der Waals surface area contributed by atoms with Crippen molar-refractivity contribution in [2.75, 3.05) is 13.1 Å². The van der Waals surface area contributed by atoms with Crippen molar-refractivity contribution in [1.29, 1.82) is 0 Å². The lowest BCUT2D eigenvalue weighted by Gasteiger charge is -2.32. The SMILES string of the molecule is CC(C)Oc1ccc(C(=O)N2CCC(NC(=O)OC(C)(C)C)CC2)cn1. The van der Waals surface area contributed by atoms with E-state index < -0.39 is 11.7 Å². The summed E-state index contributed by atoms with van der Waals surface area (Å²) >= 11 is 0. The van der Waals surface area contributed by atoms with E-state index >= 15 is 0 Å². The molecule has 1 saturated heterocycles. The van der Waals surface area contributed by atoms with Crippen molar-refractivity contribution < 1.29 is 19.1 Å². The fourth-order valence-electron chi connectivity index (χ4n) is 2.70. The molecule has 1 aromatic heterocycles. The summed E-state index contributed by atoms with van der Waals surface area (Å²) in [4.78, 5) is 30.4. The van der Waals surface area contributed by atoms with Crippen LogP contribution in [-0.4, -0.2) is 52.7 Å². The molecule has 0 radical (unpaired) electrons. The number of carbonyl (C=O) groups is 2. The molecule has 1 aliphatic heterocycles. The first-order chi connectivity index (χ1) is 12.1. The van der Waals surface area contributed by atoms with Crippen LogP contribution in [0.25, 0.3) is 0 Å². The summed E-state index contributed by atoms with van der Waals surface area (Å²) in [6, 6.07) is 3.47. The van der Waals surface area contributed by atoms with Crippen LogP contribution in [-0.2, 0) is 4.74 Å². The largest absolute Gasteiger partial charge is 0.475 e. The van der Waals surface area contributed by atoms with Crippen LogP contribution < -0.4 is 10.1 Å². The summed E-state index contributed by atoms with van der Waals surface area (Å²) < 4.78 is 10.8. The lowest BCUT2D eigenvalue weighted by molar-refractivity contribution is 0.0473. The number of ether oxygens (including phenoxy) is 2. The van der Waals surface area contributed by atoms with E-state index in [-0.39, 0.29) is 18.1 Å². The van der Waals surface area contributed by atoms with Gasteiger partial charge in [-0.2, -0.15) is 0 Å². The maximum absolute atomic E-state index is 12.6. The van der Waals surface area contributed by atoms with Crippen LogP contribution in [0.15, 0.2) is 18.3 Å². The molecule has 0 saturated carbocycles. The number of hydrogen-bond acceptors (Lipinski definition) is 5. The molecule has 7 heteroatoms. The van der Waals surface area contributed by atoms with Crippen molar-refractivity contribution in [3.8, 4) is 5.88 Å². The highest BCUT2D eigenvalue weighted by Crippen LogP contribution is 2.16. The summed E-state index contributed by atoms with van der Waals surface area (Å²) in [5.41, 5.74) is 0.0267. The summed E-state index contributed by atoms with van der Waals surface area (Å²) in [6.45, 7) is 10.5. The van der Waals surface area contributed by atoms with Gasteiger partial charge in [-0.25, -0.2) is 9.78 Å². The number of alkyl carbamates (subject to hydrolysis) is 1. The minimum Gasteiger partial charge on any atom is -0.475 e. The molecule has 1 aliphatic rings. The number of nitrogens with zero attached hydrogens (tertiary/aromatic N) is 2. The Hall–Kier alpha value is -2.31. The van der Waals surface area contributed by atoms with Crippen LogP contribution in [0.2, 0.25) is 0 Å². The molecule has 1 N–H and O–H groups in total. The number of aromatic nitrogens is 1. The van der Waals surface area contributed by atoms with E-state index in [9.17, 15) is 9.59 Å². The molecule has 1 fully saturated rings. The van der Waals surface area contributed by atoms with Gasteiger partial charge in [-0.1, -0.05) is 0 Å². The molecule has 0 atom stereocenters. The van der Waals surface area contributed by atoms with Gasteiger partial charge in [-0.15, -0.1) is 0 Å². The average molecular weight is 363 g/mol. The summed E-state index contributed by atoms with van der Waals surface area (Å²) in [6.07, 6.45) is 2.58. The maximum Gasteiger partial charge on any atom is 0.407 e. The van der Waals surface area contributed by atoms with Gasteiger partial charge < -0.3 is 19.7 Å². The van der Waals surface area contributed by atoms with Crippen LogP contribution >= 0.6 is 0 Å². The van der Waals surface area contributed by atoms with Gasteiger partial charge in [-0.05, 0) is 53.5 Å². The van der Waals surface area contributed by atoms with Gasteiger partial charge in [-0.3, -0.25) is 4.79 Å². The monoisotopic (exact) mass is 363 g/mol. The van der Waals surface area contributed by atoms with Gasteiger partial charge in [0.15, 0.2) is 0 Å². The molecule has 0 aliphatic carbocycles. The molecule has 1 aromatic rings. The highest BCUT2D eigenvalue weighted by molar-refractivity contribution is 5.94. The number of nitrogens with one attached hydrogen (secondary N) is 1. The van der Waals surface area contributed by atoms with Crippen LogP contribution in [0, 0.1) is 0 Å². The van der Waals surface area contributed by atoms with Crippen molar-refractivity contribution in [3.05, 3.63) is 23.9 Å². The molecule has 2 heterocycles. The standard InChI is InChI=1S/C19H29N3O4/c1-13(2)25-16-7-6-14(12-20-16)17(23)22-10-8-15(9-11-22)21-18(24)26-19(3,4)5/h6-7,12-13,15H,8-11H2,1-5H3,(H,21,24). The Balaban J connectivity index is 1.83. The van der Waals surface area contributed by atoms with Crippen LogP contribution in [0.1, 0.15) is 57.8 Å². The molecule has 0 spiro atoms. The molecule has 0 bridgehead atoms. The Morgan fingerprint density at radius 1 is 1.23 bits per heavy atom. The molecule has 0 unspecified atom stereocenters. The zero-order chi connectivity index (χ0) is 19.3. The Bertz CT molecular complexity index is 615. The molecule has 2 rings (SSSR count). The van der Waals surface area contributed by atoms with Gasteiger partial charge in [0, 0.05) is 31.4 Å². The smallest absolute Gasteiger partial charge is 0.407 e. The molecule has 144 valence electrons. The van der Waals surface area contributed by atoms with E-state index in [4.69, 9.17) is 9.47 Å². The lowest BCUT2D eigenvalue weighted by atomic mass is 10.0. The number of likely N-dealkylation sites (tertiary alicyclic amines) is 1. The topological polar surface area (TPSA) is 80.8 Å². The minimum atomic E-state index is -0.515. The number of pyridine rings is 1. The molecule has 0 aromatic carbocycles. The highest BCUT2D eigenvalue weighted by Gasteiger charge is 2.26. The third-order valence-electron chi connectivity index (χ3n) is 3.84. The highest BCUT2D eigenvalue weighted by atomic mass is 16.6. The van der Waals surface area contributed by atoms with Gasteiger partial charge >= 0.3 is 6.09 Å². The molecule has 2 amide bonds. The van der Waals surface area contributed by atoms with E-state index in [2.05, 4.69) is 10.3 Å². The quantitative estimate of drug-likeness (QED) is 0.889. The lowest BCUT2D eigenvalue weighted by Crippen LogP contribution is -2.47. The van der Waals surface area contributed by atoms with Gasteiger partial charge in [0.05, 0.1) is 11.7 Å². The number of rotatable bonds is 4. The normalized spacial score (nSPS) is 15.7. The summed E-state index contributed by atoms with van der Waals surface area (Å²) in [7, 11) is 0. The van der Waals surface area contributed by atoms with E-state index in [1.165, 1.54) is 0 Å². The Morgan fingerprint density at radius 3 is 2.38 bits per heavy atom. The average Bonchev–Trinajstić information content (AvgIpc) is 2.53. The second-order valence-electron chi connectivity index (χ2n) is 7.76. The van der Waals surface area contributed by atoms with Gasteiger partial charge in [0.25, 0.3) is 5.91 Å². The first-order valence-electron chi connectivity index (χ1n) is 9.05. The van der Waals surface area contributed by atoms with Crippen molar-refractivity contribution in [2.24, 2.45) is 0 Å². The number of piperidine rings is 1. The first-order valence-corrected chi connectivity index (χ1v) is 9.05. The van der Waals surface area contributed by atoms with Gasteiger partial charge in [0.1, 0.15) is 5.60 Å². The van der Waals surface area contributed by atoms with Crippen molar-refractivity contribution in [1.82, 2.24) is 15.2 Å². The maximum atomic E-state index is 12.6. The Kier molecular flexibility index (Phi) is 6.45. The summed E-state index contributed by atoms with van der Waals surface area (Å²) in [5.74, 6) is 0.459. The van der Waals surface area contributed by atoms with Crippen molar-refractivity contribution in [3.63, 3.8) is 0 Å². The first kappa shape index (κ1) is 20.0. The minimum absolute atomic E-state index is 0.0221. The van der Waals surface area contributed by atoms with Crippen molar-refractivity contribution >= 4 is 12.0 Å². The molecular weight excluding hydrogens is 334 g/mol. The Morgan fingerprint density at radius 2 is 1.88 bits per heavy atom. The predicted octanol–water partition coefficient (Wildman–Crippen LogP) is 3.00. The van der Waals surface area contributed by atoms with Crippen molar-refractivity contribution in [2.45, 2.75) is 65.2 Å². The fourth-order valence-corrected chi connectivity index (χ4v) is 2.70. The Labute approximate surface area is 155 Å². The van der Waals surface area contributed by atoms with Crippen LogP contribution in [0.4, 0.5) is 4.79 Å². The number of hydrogen-bond donors (Lipinski definition) is 1. The second-order valence-corrected chi connectivity index (χ2v) is 7.76. The van der Waals surface area contributed by atoms with E-state index in [1.807, 2.05) is 34.6 Å². The molecular formula is C19H29N3O4. The predicted molar refractivity (Wildman–Crippen MR) is 98.3 cm³/mol. The van der Waals surface area contributed by atoms with E-state index in [0.717, 1.165) is 0 Å². The zero-order valence-electron chi connectivity index (χ0n) is 16.2. The number of amides is 2. The van der Waals surface area contributed by atoms with Gasteiger partial charge in [0.2, 0.25) is 5.88 Å². The third kappa shape index (κ3) is 6.20. The molecule has 7 nitrogen and oxygen atoms in total. The zero-order valence-corrected chi connectivity index (χ0v) is 16.2.